The Hall–Kier alpha value is -0.570. The molecule has 2 unspecified atom stereocenters. The average Bonchev–Trinajstić information content (AvgIpc) is 2.32. The van der Waals surface area contributed by atoms with Crippen LogP contribution < -0.4 is 0 Å². The fraction of sp³-hybridized carbons (Fsp3) is 0.900. The molecule has 0 aromatic rings. The van der Waals surface area contributed by atoms with E-state index in [-0.39, 0.29) is 6.10 Å². The van der Waals surface area contributed by atoms with Crippen LogP contribution >= 0.6 is 0 Å². The van der Waals surface area contributed by atoms with Gasteiger partial charge in [-0.1, -0.05) is 13.8 Å². The molecule has 1 N–H and O–H groups in total. The van der Waals surface area contributed by atoms with Crippen molar-refractivity contribution in [3.63, 3.8) is 0 Å². The van der Waals surface area contributed by atoms with Crippen LogP contribution in [0.1, 0.15) is 40.0 Å². The standard InChI is InChI=1S/C10H18O3/c1-7(2)6-8-4-5-10(3,13-8)9(11)12/h7-8H,4-6H2,1-3H3,(H,11,12). The molecule has 1 rings (SSSR count). The van der Waals surface area contributed by atoms with Crippen molar-refractivity contribution in [1.82, 2.24) is 0 Å². The van der Waals surface area contributed by atoms with E-state index in [0.717, 1.165) is 12.8 Å². The summed E-state index contributed by atoms with van der Waals surface area (Å²) in [5, 5.41) is 8.90. The van der Waals surface area contributed by atoms with Gasteiger partial charge < -0.3 is 9.84 Å². The summed E-state index contributed by atoms with van der Waals surface area (Å²) in [4.78, 5) is 10.8. The molecule has 0 aromatic heterocycles. The molecule has 1 heterocycles. The summed E-state index contributed by atoms with van der Waals surface area (Å²) < 4.78 is 5.52. The second-order valence-corrected chi connectivity index (χ2v) is 4.44. The van der Waals surface area contributed by atoms with Crippen molar-refractivity contribution in [2.75, 3.05) is 0 Å². The minimum atomic E-state index is -0.931. The van der Waals surface area contributed by atoms with Gasteiger partial charge in [-0.3, -0.25) is 0 Å². The van der Waals surface area contributed by atoms with Gasteiger partial charge in [-0.2, -0.15) is 0 Å². The van der Waals surface area contributed by atoms with E-state index in [2.05, 4.69) is 13.8 Å². The van der Waals surface area contributed by atoms with Crippen molar-refractivity contribution in [1.29, 1.82) is 0 Å². The molecule has 3 heteroatoms. The lowest BCUT2D eigenvalue weighted by atomic mass is 10.00. The van der Waals surface area contributed by atoms with E-state index >= 15 is 0 Å². The second kappa shape index (κ2) is 3.66. The molecule has 1 aliphatic rings. The van der Waals surface area contributed by atoms with Gasteiger partial charge in [0.15, 0.2) is 5.60 Å². The molecule has 1 fully saturated rings. The van der Waals surface area contributed by atoms with Crippen molar-refractivity contribution < 1.29 is 14.6 Å². The Morgan fingerprint density at radius 3 is 2.69 bits per heavy atom. The van der Waals surface area contributed by atoms with Gasteiger partial charge in [0.05, 0.1) is 6.10 Å². The number of ether oxygens (including phenoxy) is 1. The second-order valence-electron chi connectivity index (χ2n) is 4.44. The third kappa shape index (κ3) is 2.44. The topological polar surface area (TPSA) is 46.5 Å². The number of hydrogen-bond acceptors (Lipinski definition) is 2. The van der Waals surface area contributed by atoms with Gasteiger partial charge in [-0.15, -0.1) is 0 Å². The summed E-state index contributed by atoms with van der Waals surface area (Å²) in [6, 6.07) is 0. The van der Waals surface area contributed by atoms with Crippen molar-refractivity contribution in [3.05, 3.63) is 0 Å². The van der Waals surface area contributed by atoms with Crippen LogP contribution in [0.15, 0.2) is 0 Å². The summed E-state index contributed by atoms with van der Waals surface area (Å²) in [5.41, 5.74) is -0.931. The Kier molecular flexibility index (Phi) is 2.96. The lowest BCUT2D eigenvalue weighted by Gasteiger charge is -2.20. The first kappa shape index (κ1) is 10.5. The summed E-state index contributed by atoms with van der Waals surface area (Å²) >= 11 is 0. The average molecular weight is 186 g/mol. The van der Waals surface area contributed by atoms with Gasteiger partial charge >= 0.3 is 5.97 Å². The quantitative estimate of drug-likeness (QED) is 0.733. The van der Waals surface area contributed by atoms with Crippen LogP contribution in [0.5, 0.6) is 0 Å². The van der Waals surface area contributed by atoms with E-state index in [4.69, 9.17) is 9.84 Å². The smallest absolute Gasteiger partial charge is 0.335 e. The monoisotopic (exact) mass is 186 g/mol. The number of carbonyl (C=O) groups is 1. The van der Waals surface area contributed by atoms with E-state index < -0.39 is 11.6 Å². The highest BCUT2D eigenvalue weighted by Gasteiger charge is 2.42. The normalized spacial score (nSPS) is 34.0. The minimum Gasteiger partial charge on any atom is -0.479 e. The Balaban J connectivity index is 2.48. The summed E-state index contributed by atoms with van der Waals surface area (Å²) in [6.45, 7) is 5.91. The molecule has 13 heavy (non-hydrogen) atoms. The van der Waals surface area contributed by atoms with Gasteiger partial charge in [0, 0.05) is 0 Å². The van der Waals surface area contributed by atoms with Crippen LogP contribution in [0.2, 0.25) is 0 Å². The first-order chi connectivity index (χ1) is 5.94. The molecule has 2 atom stereocenters. The van der Waals surface area contributed by atoms with Crippen LogP contribution in [-0.2, 0) is 9.53 Å². The Morgan fingerprint density at radius 1 is 1.69 bits per heavy atom. The van der Waals surface area contributed by atoms with E-state index in [1.54, 1.807) is 6.92 Å². The molecule has 1 aliphatic heterocycles. The minimum absolute atomic E-state index is 0.140. The third-order valence-corrected chi connectivity index (χ3v) is 2.56. The molecule has 0 saturated carbocycles. The predicted octanol–water partition coefficient (Wildman–Crippen LogP) is 2.05. The number of aliphatic carboxylic acids is 1. The molecular formula is C10H18O3. The lowest BCUT2D eigenvalue weighted by Crippen LogP contribution is -2.35. The van der Waals surface area contributed by atoms with Gasteiger partial charge in [-0.25, -0.2) is 4.79 Å². The largest absolute Gasteiger partial charge is 0.479 e. The first-order valence-electron chi connectivity index (χ1n) is 4.85. The third-order valence-electron chi connectivity index (χ3n) is 2.56. The molecule has 0 bridgehead atoms. The highest BCUT2D eigenvalue weighted by Crippen LogP contribution is 2.33. The van der Waals surface area contributed by atoms with Crippen molar-refractivity contribution >= 4 is 5.97 Å². The Morgan fingerprint density at radius 2 is 2.31 bits per heavy atom. The van der Waals surface area contributed by atoms with Crippen LogP contribution in [0.4, 0.5) is 0 Å². The van der Waals surface area contributed by atoms with Crippen LogP contribution in [0.25, 0.3) is 0 Å². The maximum Gasteiger partial charge on any atom is 0.335 e. The molecule has 76 valence electrons. The van der Waals surface area contributed by atoms with Crippen LogP contribution in [0.3, 0.4) is 0 Å². The summed E-state index contributed by atoms with van der Waals surface area (Å²) in [7, 11) is 0. The zero-order valence-electron chi connectivity index (χ0n) is 8.54. The maximum atomic E-state index is 10.8. The van der Waals surface area contributed by atoms with Gasteiger partial charge in [0.1, 0.15) is 0 Å². The molecule has 0 spiro atoms. The van der Waals surface area contributed by atoms with Crippen molar-refractivity contribution in [3.8, 4) is 0 Å². The molecule has 0 aliphatic carbocycles. The summed E-state index contributed by atoms with van der Waals surface area (Å²) in [6.07, 6.45) is 2.62. The van der Waals surface area contributed by atoms with Gasteiger partial charge in [0.25, 0.3) is 0 Å². The molecule has 3 nitrogen and oxygen atoms in total. The Bertz CT molecular complexity index is 200. The molecule has 0 radical (unpaired) electrons. The molecule has 0 amide bonds. The van der Waals surface area contributed by atoms with E-state index in [9.17, 15) is 4.79 Å². The zero-order valence-corrected chi connectivity index (χ0v) is 8.54. The fourth-order valence-corrected chi connectivity index (χ4v) is 1.77. The van der Waals surface area contributed by atoms with Gasteiger partial charge in [0.2, 0.25) is 0 Å². The number of carboxylic acid groups (broad SMARTS) is 1. The van der Waals surface area contributed by atoms with Gasteiger partial charge in [-0.05, 0) is 32.1 Å². The van der Waals surface area contributed by atoms with E-state index in [0.29, 0.717) is 12.3 Å². The highest BCUT2D eigenvalue weighted by molar-refractivity contribution is 5.77. The zero-order chi connectivity index (χ0) is 10.1. The summed E-state index contributed by atoms with van der Waals surface area (Å²) in [5.74, 6) is -0.264. The Labute approximate surface area is 79.1 Å². The highest BCUT2D eigenvalue weighted by atomic mass is 16.5. The van der Waals surface area contributed by atoms with Crippen LogP contribution in [-0.4, -0.2) is 22.8 Å². The first-order valence-corrected chi connectivity index (χ1v) is 4.85. The predicted molar refractivity (Wildman–Crippen MR) is 49.6 cm³/mol. The number of rotatable bonds is 3. The molecule has 1 saturated heterocycles. The number of hydrogen-bond donors (Lipinski definition) is 1. The van der Waals surface area contributed by atoms with Crippen molar-refractivity contribution in [2.45, 2.75) is 51.7 Å². The fourth-order valence-electron chi connectivity index (χ4n) is 1.77. The molecule has 0 aromatic carbocycles. The number of carboxylic acids is 1. The van der Waals surface area contributed by atoms with Crippen LogP contribution in [0, 0.1) is 5.92 Å². The lowest BCUT2D eigenvalue weighted by molar-refractivity contribution is -0.162. The maximum absolute atomic E-state index is 10.8. The molecular weight excluding hydrogens is 168 g/mol. The van der Waals surface area contributed by atoms with E-state index in [1.807, 2.05) is 0 Å². The van der Waals surface area contributed by atoms with Crippen molar-refractivity contribution in [2.24, 2.45) is 5.92 Å². The SMILES string of the molecule is CC(C)CC1CCC(C)(C(=O)O)O1. The van der Waals surface area contributed by atoms with E-state index in [1.165, 1.54) is 0 Å².